The van der Waals surface area contributed by atoms with E-state index in [4.69, 9.17) is 9.47 Å². The topological polar surface area (TPSA) is 107 Å². The van der Waals surface area contributed by atoms with Crippen LogP contribution in [0.4, 0.5) is 11.5 Å². The van der Waals surface area contributed by atoms with Gasteiger partial charge < -0.3 is 14.8 Å². The second-order valence-corrected chi connectivity index (χ2v) is 5.28. The van der Waals surface area contributed by atoms with E-state index in [1.54, 1.807) is 6.92 Å². The van der Waals surface area contributed by atoms with Gasteiger partial charge in [-0.3, -0.25) is 15.0 Å². The molecule has 0 radical (unpaired) electrons. The highest BCUT2D eigenvalue weighted by Crippen LogP contribution is 2.22. The number of rotatable bonds is 8. The van der Waals surface area contributed by atoms with E-state index in [0.29, 0.717) is 6.54 Å². The fourth-order valence-corrected chi connectivity index (χ4v) is 2.38. The average Bonchev–Trinajstić information content (AvgIpc) is 2.59. The average molecular weight is 338 g/mol. The number of anilines is 1. The summed E-state index contributed by atoms with van der Waals surface area (Å²) in [5.41, 5.74) is -0.104. The van der Waals surface area contributed by atoms with Crippen molar-refractivity contribution >= 4 is 17.5 Å². The van der Waals surface area contributed by atoms with E-state index in [1.165, 1.54) is 12.1 Å². The molecule has 1 aromatic heterocycles. The second-order valence-electron chi connectivity index (χ2n) is 5.28. The monoisotopic (exact) mass is 338 g/mol. The van der Waals surface area contributed by atoms with Crippen molar-refractivity contribution in [2.45, 2.75) is 13.3 Å². The van der Waals surface area contributed by atoms with Crippen LogP contribution in [0.25, 0.3) is 0 Å². The van der Waals surface area contributed by atoms with E-state index in [9.17, 15) is 14.9 Å². The van der Waals surface area contributed by atoms with Gasteiger partial charge in [-0.2, -0.15) is 0 Å². The standard InChI is InChI=1S/C15H22N4O5/c1-2-24-15(20)12-4-5-13(19(21)22)14(17-12)16-6-3-7-18-8-10-23-11-9-18/h4-5H,2-3,6-11H2,1H3,(H,16,17). The van der Waals surface area contributed by atoms with Crippen LogP contribution >= 0.6 is 0 Å². The highest BCUT2D eigenvalue weighted by molar-refractivity contribution is 5.88. The number of carbonyl (C=O) groups is 1. The van der Waals surface area contributed by atoms with E-state index in [2.05, 4.69) is 15.2 Å². The molecule has 0 atom stereocenters. The third-order valence-corrected chi connectivity index (χ3v) is 3.60. The molecule has 1 aliphatic heterocycles. The fraction of sp³-hybridized carbons (Fsp3) is 0.600. The number of nitrogens with zero attached hydrogens (tertiary/aromatic N) is 3. The molecule has 9 nitrogen and oxygen atoms in total. The summed E-state index contributed by atoms with van der Waals surface area (Å²) in [6.45, 7) is 6.59. The van der Waals surface area contributed by atoms with Crippen LogP contribution in [-0.4, -0.2) is 66.8 Å². The summed E-state index contributed by atoms with van der Waals surface area (Å²) >= 11 is 0. The van der Waals surface area contributed by atoms with Crippen LogP contribution in [-0.2, 0) is 9.47 Å². The number of morpholine rings is 1. The molecule has 0 saturated carbocycles. The van der Waals surface area contributed by atoms with Crippen molar-refractivity contribution in [2.24, 2.45) is 0 Å². The lowest BCUT2D eigenvalue weighted by Gasteiger charge is -2.26. The van der Waals surface area contributed by atoms with E-state index in [1.807, 2.05) is 0 Å². The first-order chi connectivity index (χ1) is 11.6. The van der Waals surface area contributed by atoms with Crippen molar-refractivity contribution in [1.29, 1.82) is 0 Å². The van der Waals surface area contributed by atoms with Gasteiger partial charge in [-0.05, 0) is 26.0 Å². The summed E-state index contributed by atoms with van der Waals surface area (Å²) in [5.74, 6) is -0.503. The molecule has 0 aliphatic carbocycles. The number of carbonyl (C=O) groups excluding carboxylic acids is 1. The summed E-state index contributed by atoms with van der Waals surface area (Å²) in [5, 5.41) is 14.0. The van der Waals surface area contributed by atoms with Gasteiger partial charge in [0.15, 0.2) is 5.69 Å². The van der Waals surface area contributed by atoms with E-state index < -0.39 is 10.9 Å². The summed E-state index contributed by atoms with van der Waals surface area (Å²) in [6.07, 6.45) is 0.808. The van der Waals surface area contributed by atoms with Crippen molar-refractivity contribution in [2.75, 3.05) is 51.3 Å². The number of esters is 1. The predicted octanol–water partition coefficient (Wildman–Crippen LogP) is 1.30. The van der Waals surface area contributed by atoms with E-state index in [-0.39, 0.29) is 23.8 Å². The van der Waals surface area contributed by atoms with Crippen molar-refractivity contribution in [1.82, 2.24) is 9.88 Å². The molecular weight excluding hydrogens is 316 g/mol. The van der Waals surface area contributed by atoms with Crippen LogP contribution in [0.2, 0.25) is 0 Å². The Bertz CT molecular complexity index is 575. The fourth-order valence-electron chi connectivity index (χ4n) is 2.38. The maximum absolute atomic E-state index is 11.7. The SMILES string of the molecule is CCOC(=O)c1ccc([N+](=O)[O-])c(NCCCN2CCOCC2)n1. The van der Waals surface area contributed by atoms with Crippen LogP contribution in [0.15, 0.2) is 12.1 Å². The Kier molecular flexibility index (Phi) is 6.89. The Balaban J connectivity index is 1.94. The minimum absolute atomic E-state index is 0.0538. The molecule has 0 aromatic carbocycles. The molecule has 0 unspecified atom stereocenters. The third-order valence-electron chi connectivity index (χ3n) is 3.60. The van der Waals surface area contributed by atoms with Crippen LogP contribution in [0, 0.1) is 10.1 Å². The maximum atomic E-state index is 11.7. The summed E-state index contributed by atoms with van der Waals surface area (Å²) in [6, 6.07) is 2.57. The van der Waals surface area contributed by atoms with Gasteiger partial charge in [-0.1, -0.05) is 0 Å². The van der Waals surface area contributed by atoms with Crippen molar-refractivity contribution < 1.29 is 19.2 Å². The molecule has 24 heavy (non-hydrogen) atoms. The summed E-state index contributed by atoms with van der Waals surface area (Å²) in [4.78, 5) is 28.6. The predicted molar refractivity (Wildman–Crippen MR) is 87.2 cm³/mol. The maximum Gasteiger partial charge on any atom is 0.357 e. The second kappa shape index (κ2) is 9.14. The number of hydrogen-bond donors (Lipinski definition) is 1. The molecule has 0 spiro atoms. The minimum atomic E-state index is -0.594. The number of pyridine rings is 1. The quantitative estimate of drug-likeness (QED) is 0.327. The van der Waals surface area contributed by atoms with Gasteiger partial charge >= 0.3 is 11.7 Å². The lowest BCUT2D eigenvalue weighted by Crippen LogP contribution is -2.37. The van der Waals surface area contributed by atoms with Gasteiger partial charge in [-0.25, -0.2) is 9.78 Å². The van der Waals surface area contributed by atoms with Gasteiger partial charge in [0.1, 0.15) is 0 Å². The molecule has 1 aliphatic rings. The van der Waals surface area contributed by atoms with Crippen LogP contribution in [0.5, 0.6) is 0 Å². The largest absolute Gasteiger partial charge is 0.461 e. The number of hydrogen-bond acceptors (Lipinski definition) is 8. The van der Waals surface area contributed by atoms with Gasteiger partial charge in [0.25, 0.3) is 0 Å². The van der Waals surface area contributed by atoms with Crippen molar-refractivity contribution in [3.8, 4) is 0 Å². The zero-order chi connectivity index (χ0) is 17.4. The Morgan fingerprint density at radius 1 is 1.46 bits per heavy atom. The van der Waals surface area contributed by atoms with Gasteiger partial charge in [0, 0.05) is 25.7 Å². The van der Waals surface area contributed by atoms with Crippen LogP contribution in [0.1, 0.15) is 23.8 Å². The molecule has 132 valence electrons. The molecule has 0 amide bonds. The molecule has 0 bridgehead atoms. The lowest BCUT2D eigenvalue weighted by atomic mass is 10.3. The van der Waals surface area contributed by atoms with Gasteiger partial charge in [0.05, 0.1) is 24.7 Å². The number of nitro groups is 1. The van der Waals surface area contributed by atoms with Crippen LogP contribution < -0.4 is 5.32 Å². The Hall–Kier alpha value is -2.26. The number of ether oxygens (including phenoxy) is 2. The highest BCUT2D eigenvalue weighted by atomic mass is 16.6. The van der Waals surface area contributed by atoms with Gasteiger partial charge in [0.2, 0.25) is 5.82 Å². The van der Waals surface area contributed by atoms with Crippen molar-refractivity contribution in [3.05, 3.63) is 27.9 Å². The minimum Gasteiger partial charge on any atom is -0.461 e. The first kappa shape index (κ1) is 18.1. The number of nitrogens with one attached hydrogen (secondary N) is 1. The molecule has 1 saturated heterocycles. The zero-order valence-electron chi connectivity index (χ0n) is 13.7. The number of aromatic nitrogens is 1. The van der Waals surface area contributed by atoms with E-state index >= 15 is 0 Å². The van der Waals surface area contributed by atoms with Crippen LogP contribution in [0.3, 0.4) is 0 Å². The summed E-state index contributed by atoms with van der Waals surface area (Å²) in [7, 11) is 0. The zero-order valence-corrected chi connectivity index (χ0v) is 13.7. The molecule has 1 fully saturated rings. The molecule has 2 rings (SSSR count). The molecule has 2 heterocycles. The Labute approximate surface area is 140 Å². The Morgan fingerprint density at radius 3 is 2.88 bits per heavy atom. The molecular formula is C15H22N4O5. The van der Waals surface area contributed by atoms with Crippen molar-refractivity contribution in [3.63, 3.8) is 0 Å². The molecule has 1 aromatic rings. The molecule has 1 N–H and O–H groups in total. The normalized spacial score (nSPS) is 15.0. The Morgan fingerprint density at radius 2 is 2.21 bits per heavy atom. The first-order valence-corrected chi connectivity index (χ1v) is 7.98. The van der Waals surface area contributed by atoms with Gasteiger partial charge in [-0.15, -0.1) is 0 Å². The lowest BCUT2D eigenvalue weighted by molar-refractivity contribution is -0.384. The first-order valence-electron chi connectivity index (χ1n) is 7.98. The summed E-state index contributed by atoms with van der Waals surface area (Å²) < 4.78 is 10.2. The molecule has 9 heteroatoms. The van der Waals surface area contributed by atoms with E-state index in [0.717, 1.165) is 39.3 Å². The third kappa shape index (κ3) is 5.14. The smallest absolute Gasteiger partial charge is 0.357 e. The highest BCUT2D eigenvalue weighted by Gasteiger charge is 2.19.